The predicted octanol–water partition coefficient (Wildman–Crippen LogP) is 2.50. The molecule has 0 aromatic heterocycles. The molecule has 1 aromatic carbocycles. The standard InChI is InChI=1S/C10H8BrClO2/c11-9(10(14)8(13)6-12)7-4-2-1-3-5-7/h1-5,9H,6H2. The summed E-state index contributed by atoms with van der Waals surface area (Å²) in [7, 11) is 0. The van der Waals surface area contributed by atoms with Crippen molar-refractivity contribution in [2.75, 3.05) is 5.88 Å². The average molecular weight is 276 g/mol. The minimum atomic E-state index is -0.588. The molecule has 0 fully saturated rings. The van der Waals surface area contributed by atoms with Crippen molar-refractivity contribution >= 4 is 39.1 Å². The van der Waals surface area contributed by atoms with Crippen LogP contribution in [-0.2, 0) is 9.59 Å². The van der Waals surface area contributed by atoms with Crippen LogP contribution in [0.25, 0.3) is 0 Å². The lowest BCUT2D eigenvalue weighted by atomic mass is 10.1. The normalized spacial score (nSPS) is 12.1. The SMILES string of the molecule is O=C(CCl)C(=O)C(Br)c1ccccc1. The van der Waals surface area contributed by atoms with E-state index in [-0.39, 0.29) is 5.88 Å². The first kappa shape index (κ1) is 11.4. The Balaban J connectivity index is 2.81. The van der Waals surface area contributed by atoms with Gasteiger partial charge in [0.25, 0.3) is 0 Å². The van der Waals surface area contributed by atoms with E-state index in [4.69, 9.17) is 11.6 Å². The number of hydrogen-bond donors (Lipinski definition) is 0. The van der Waals surface area contributed by atoms with E-state index >= 15 is 0 Å². The highest BCUT2D eigenvalue weighted by atomic mass is 79.9. The van der Waals surface area contributed by atoms with Crippen LogP contribution in [0.2, 0.25) is 0 Å². The monoisotopic (exact) mass is 274 g/mol. The number of rotatable bonds is 4. The third-order valence-electron chi connectivity index (χ3n) is 1.72. The molecule has 0 N–H and O–H groups in total. The third kappa shape index (κ3) is 2.66. The minimum Gasteiger partial charge on any atom is -0.289 e. The van der Waals surface area contributed by atoms with Gasteiger partial charge in [0.05, 0.1) is 5.88 Å². The smallest absolute Gasteiger partial charge is 0.217 e. The molecule has 0 aliphatic heterocycles. The van der Waals surface area contributed by atoms with E-state index < -0.39 is 16.4 Å². The molecular formula is C10H8BrClO2. The summed E-state index contributed by atoms with van der Waals surface area (Å²) in [5, 5.41) is 0. The second-order valence-corrected chi connectivity index (χ2v) is 3.88. The lowest BCUT2D eigenvalue weighted by molar-refractivity contribution is -0.134. The molecule has 0 radical (unpaired) electrons. The first-order valence-corrected chi connectivity index (χ1v) is 5.44. The van der Waals surface area contributed by atoms with Gasteiger partial charge >= 0.3 is 0 Å². The van der Waals surface area contributed by atoms with Crippen molar-refractivity contribution in [3.63, 3.8) is 0 Å². The fraction of sp³-hybridized carbons (Fsp3) is 0.200. The zero-order valence-electron chi connectivity index (χ0n) is 7.24. The van der Waals surface area contributed by atoms with Gasteiger partial charge in [-0.3, -0.25) is 9.59 Å². The number of Topliss-reactive ketones (excluding diaryl/α,β-unsaturated/α-hetero) is 2. The van der Waals surface area contributed by atoms with E-state index in [1.165, 1.54) is 0 Å². The lowest BCUT2D eigenvalue weighted by Crippen LogP contribution is -2.19. The highest BCUT2D eigenvalue weighted by Crippen LogP contribution is 2.23. The summed E-state index contributed by atoms with van der Waals surface area (Å²) in [4.78, 5) is 21.8. The lowest BCUT2D eigenvalue weighted by Gasteiger charge is -2.06. The molecule has 0 aliphatic carbocycles. The molecule has 0 heterocycles. The van der Waals surface area contributed by atoms with Gasteiger partial charge in [-0.05, 0) is 5.56 Å². The molecule has 1 unspecified atom stereocenters. The summed E-state index contributed by atoms with van der Waals surface area (Å²) in [6, 6.07) is 9.01. The van der Waals surface area contributed by atoms with Crippen LogP contribution in [0.1, 0.15) is 10.4 Å². The maximum absolute atomic E-state index is 11.4. The van der Waals surface area contributed by atoms with E-state index in [9.17, 15) is 9.59 Å². The number of benzene rings is 1. The van der Waals surface area contributed by atoms with Gasteiger partial charge in [-0.1, -0.05) is 46.3 Å². The molecule has 1 aromatic rings. The Morgan fingerprint density at radius 3 is 2.36 bits per heavy atom. The Bertz CT molecular complexity index is 337. The third-order valence-corrected chi connectivity index (χ3v) is 2.91. The number of carbonyl (C=O) groups is 2. The van der Waals surface area contributed by atoms with Crippen molar-refractivity contribution in [1.82, 2.24) is 0 Å². The van der Waals surface area contributed by atoms with E-state index in [0.29, 0.717) is 0 Å². The summed E-state index contributed by atoms with van der Waals surface area (Å²) < 4.78 is 0. The van der Waals surface area contributed by atoms with Gasteiger partial charge in [-0.2, -0.15) is 0 Å². The van der Waals surface area contributed by atoms with Crippen molar-refractivity contribution in [2.24, 2.45) is 0 Å². The average Bonchev–Trinajstić information content (AvgIpc) is 2.27. The first-order chi connectivity index (χ1) is 6.66. The van der Waals surface area contributed by atoms with Crippen LogP contribution in [0.3, 0.4) is 0 Å². The minimum absolute atomic E-state index is 0.270. The van der Waals surface area contributed by atoms with Crippen molar-refractivity contribution in [3.05, 3.63) is 35.9 Å². The molecule has 1 rings (SSSR count). The molecule has 0 aliphatic rings. The van der Waals surface area contributed by atoms with Crippen molar-refractivity contribution in [2.45, 2.75) is 4.83 Å². The maximum Gasteiger partial charge on any atom is 0.217 e. The number of alkyl halides is 2. The number of hydrogen-bond acceptors (Lipinski definition) is 2. The molecule has 74 valence electrons. The van der Waals surface area contributed by atoms with Gasteiger partial charge in [0.1, 0.15) is 4.83 Å². The Labute approximate surface area is 95.4 Å². The van der Waals surface area contributed by atoms with Crippen molar-refractivity contribution in [3.8, 4) is 0 Å². The molecule has 2 nitrogen and oxygen atoms in total. The largest absolute Gasteiger partial charge is 0.289 e. The number of ketones is 2. The van der Waals surface area contributed by atoms with Gasteiger partial charge in [-0.25, -0.2) is 0 Å². The van der Waals surface area contributed by atoms with Crippen LogP contribution in [0.15, 0.2) is 30.3 Å². The summed E-state index contributed by atoms with van der Waals surface area (Å²) >= 11 is 8.45. The highest BCUT2D eigenvalue weighted by Gasteiger charge is 2.22. The van der Waals surface area contributed by atoms with Crippen LogP contribution in [-0.4, -0.2) is 17.4 Å². The van der Waals surface area contributed by atoms with Gasteiger partial charge in [0.2, 0.25) is 11.6 Å². The second-order valence-electron chi connectivity index (χ2n) is 2.69. The topological polar surface area (TPSA) is 34.1 Å². The number of halogens is 2. The molecule has 0 bridgehead atoms. The molecular weight excluding hydrogens is 267 g/mol. The molecule has 0 amide bonds. The van der Waals surface area contributed by atoms with Crippen LogP contribution >= 0.6 is 27.5 Å². The number of carbonyl (C=O) groups excluding carboxylic acids is 2. The summed E-state index contributed by atoms with van der Waals surface area (Å²) in [6.07, 6.45) is 0. The Hall–Kier alpha value is -0.670. The highest BCUT2D eigenvalue weighted by molar-refractivity contribution is 9.09. The van der Waals surface area contributed by atoms with Crippen LogP contribution in [0.5, 0.6) is 0 Å². The van der Waals surface area contributed by atoms with Crippen LogP contribution < -0.4 is 0 Å². The molecule has 0 saturated carbocycles. The van der Waals surface area contributed by atoms with Crippen LogP contribution in [0.4, 0.5) is 0 Å². The molecule has 1 atom stereocenters. The summed E-state index contributed by atoms with van der Waals surface area (Å²) in [5.41, 5.74) is 0.760. The Morgan fingerprint density at radius 1 is 1.29 bits per heavy atom. The quantitative estimate of drug-likeness (QED) is 0.625. The second kappa shape index (κ2) is 5.27. The molecule has 4 heteroatoms. The fourth-order valence-corrected chi connectivity index (χ4v) is 1.67. The van der Waals surface area contributed by atoms with E-state index in [0.717, 1.165) is 5.56 Å². The van der Waals surface area contributed by atoms with Gasteiger partial charge in [0, 0.05) is 0 Å². The van der Waals surface area contributed by atoms with Gasteiger partial charge in [-0.15, -0.1) is 11.6 Å². The predicted molar refractivity (Wildman–Crippen MR) is 58.8 cm³/mol. The Morgan fingerprint density at radius 2 is 1.86 bits per heavy atom. The van der Waals surface area contributed by atoms with Crippen molar-refractivity contribution in [1.29, 1.82) is 0 Å². The zero-order valence-corrected chi connectivity index (χ0v) is 9.59. The van der Waals surface area contributed by atoms with E-state index in [1.54, 1.807) is 12.1 Å². The molecule has 0 saturated heterocycles. The van der Waals surface area contributed by atoms with E-state index in [2.05, 4.69) is 15.9 Å². The summed E-state index contributed by atoms with van der Waals surface area (Å²) in [5.74, 6) is -1.35. The summed E-state index contributed by atoms with van der Waals surface area (Å²) in [6.45, 7) is 0. The fourth-order valence-electron chi connectivity index (χ4n) is 0.981. The van der Waals surface area contributed by atoms with Crippen molar-refractivity contribution < 1.29 is 9.59 Å². The first-order valence-electron chi connectivity index (χ1n) is 3.99. The molecule has 0 spiro atoms. The molecule has 14 heavy (non-hydrogen) atoms. The van der Waals surface area contributed by atoms with Gasteiger partial charge in [0.15, 0.2) is 0 Å². The van der Waals surface area contributed by atoms with Gasteiger partial charge < -0.3 is 0 Å². The maximum atomic E-state index is 11.4. The zero-order chi connectivity index (χ0) is 10.6. The van der Waals surface area contributed by atoms with Crippen LogP contribution in [0, 0.1) is 0 Å². The Kier molecular flexibility index (Phi) is 4.29. The van der Waals surface area contributed by atoms with E-state index in [1.807, 2.05) is 18.2 Å².